The third-order valence-corrected chi connectivity index (χ3v) is 6.07. The van der Waals surface area contributed by atoms with Crippen LogP contribution in [0.2, 0.25) is 0 Å². The molecule has 0 unspecified atom stereocenters. The van der Waals surface area contributed by atoms with E-state index in [1.54, 1.807) is 24.4 Å². The third kappa shape index (κ3) is 3.42. The lowest BCUT2D eigenvalue weighted by Gasteiger charge is -2.16. The van der Waals surface area contributed by atoms with Crippen LogP contribution < -0.4 is 19.9 Å². The second kappa shape index (κ2) is 7.53. The summed E-state index contributed by atoms with van der Waals surface area (Å²) in [5, 5.41) is 1.33. The van der Waals surface area contributed by atoms with E-state index in [-0.39, 0.29) is 23.7 Å². The minimum atomic E-state index is -0.391. The smallest absolute Gasteiger partial charge is 0.175 e. The molecule has 1 saturated carbocycles. The molecule has 2 aromatic carbocycles. The fraction of sp³-hybridized carbons (Fsp3) is 0.292. The molecular weight excluding hydrogens is 433 g/mol. The first kappa shape index (κ1) is 20.8. The van der Waals surface area contributed by atoms with E-state index in [0.717, 1.165) is 40.5 Å². The summed E-state index contributed by atoms with van der Waals surface area (Å²) >= 11 is 0. The fourth-order valence-electron chi connectivity index (χ4n) is 4.18. The zero-order valence-corrected chi connectivity index (χ0v) is 18.4. The maximum Gasteiger partial charge on any atom is 0.175 e. The fourth-order valence-corrected chi connectivity index (χ4v) is 4.18. The monoisotopic (exact) mass is 455 g/mol. The summed E-state index contributed by atoms with van der Waals surface area (Å²) < 4.78 is 33.1. The molecular formula is C24H23ClFN3O3. The molecule has 32 heavy (non-hydrogen) atoms. The Balaban J connectivity index is 0.00000216. The van der Waals surface area contributed by atoms with Crippen molar-refractivity contribution in [1.82, 2.24) is 9.97 Å². The Kier molecular flexibility index (Phi) is 4.91. The molecule has 2 aliphatic rings. The number of nitrogens with zero attached hydrogens (tertiary/aromatic N) is 1. The lowest BCUT2D eigenvalue weighted by molar-refractivity contribution is 0.260. The number of nitrogens with two attached hydrogens (primary N) is 1. The maximum absolute atomic E-state index is 15.1. The van der Waals surface area contributed by atoms with Gasteiger partial charge in [0.25, 0.3) is 0 Å². The molecule has 0 amide bonds. The Morgan fingerprint density at radius 2 is 2.03 bits per heavy atom. The molecule has 4 aromatic rings. The van der Waals surface area contributed by atoms with Gasteiger partial charge in [-0.2, -0.15) is 0 Å². The average Bonchev–Trinajstić information content (AvgIpc) is 3.14. The van der Waals surface area contributed by atoms with Crippen LogP contribution in [0, 0.1) is 12.7 Å². The van der Waals surface area contributed by atoms with Gasteiger partial charge in [-0.15, -0.1) is 12.4 Å². The molecule has 1 fully saturated rings. The molecule has 3 heterocycles. The molecule has 0 bridgehead atoms. The first-order chi connectivity index (χ1) is 15.0. The molecule has 0 atom stereocenters. The summed E-state index contributed by atoms with van der Waals surface area (Å²) in [6, 6.07) is 8.86. The zero-order valence-electron chi connectivity index (χ0n) is 17.5. The van der Waals surface area contributed by atoms with Gasteiger partial charge in [-0.1, -0.05) is 0 Å². The van der Waals surface area contributed by atoms with Crippen molar-refractivity contribution in [2.24, 2.45) is 5.73 Å². The number of rotatable bonds is 5. The van der Waals surface area contributed by atoms with Gasteiger partial charge in [-0.25, -0.2) is 4.39 Å². The summed E-state index contributed by atoms with van der Waals surface area (Å²) in [5.74, 6) is 1.67. The van der Waals surface area contributed by atoms with E-state index >= 15 is 4.39 Å². The van der Waals surface area contributed by atoms with Gasteiger partial charge in [0, 0.05) is 40.8 Å². The minimum absolute atomic E-state index is 0. The summed E-state index contributed by atoms with van der Waals surface area (Å²) in [7, 11) is 0. The molecule has 3 N–H and O–H groups in total. The van der Waals surface area contributed by atoms with Crippen LogP contribution in [0.4, 0.5) is 4.39 Å². The number of aryl methyl sites for hydroxylation is 1. The summed E-state index contributed by atoms with van der Waals surface area (Å²) in [6.45, 7) is 2.90. The van der Waals surface area contributed by atoms with E-state index in [2.05, 4.69) is 9.97 Å². The summed E-state index contributed by atoms with van der Waals surface area (Å²) in [6.07, 6.45) is 4.30. The van der Waals surface area contributed by atoms with Crippen LogP contribution in [-0.2, 0) is 6.42 Å². The average molecular weight is 456 g/mol. The largest absolute Gasteiger partial charge is 0.489 e. The zero-order chi connectivity index (χ0) is 21.2. The van der Waals surface area contributed by atoms with Crippen LogP contribution in [0.5, 0.6) is 23.0 Å². The van der Waals surface area contributed by atoms with Gasteiger partial charge in [0.15, 0.2) is 23.1 Å². The minimum Gasteiger partial charge on any atom is -0.489 e. The van der Waals surface area contributed by atoms with E-state index in [9.17, 15) is 0 Å². The summed E-state index contributed by atoms with van der Waals surface area (Å²) in [4.78, 5) is 7.65. The van der Waals surface area contributed by atoms with E-state index in [4.69, 9.17) is 19.9 Å². The van der Waals surface area contributed by atoms with Crippen molar-refractivity contribution >= 4 is 34.2 Å². The highest BCUT2D eigenvalue weighted by atomic mass is 35.5. The number of halogens is 2. The molecule has 0 saturated heterocycles. The number of aromatic nitrogens is 2. The van der Waals surface area contributed by atoms with Crippen molar-refractivity contribution < 1.29 is 18.6 Å². The number of H-pyrrole nitrogens is 1. The van der Waals surface area contributed by atoms with Gasteiger partial charge in [-0.05, 0) is 44.0 Å². The van der Waals surface area contributed by atoms with Gasteiger partial charge >= 0.3 is 0 Å². The topological polar surface area (TPSA) is 82.4 Å². The first-order valence-electron chi connectivity index (χ1n) is 10.5. The molecule has 2 aromatic heterocycles. The van der Waals surface area contributed by atoms with Crippen molar-refractivity contribution in [3.05, 3.63) is 53.6 Å². The normalized spacial score (nSPS) is 15.8. The highest BCUT2D eigenvalue weighted by Crippen LogP contribution is 2.45. The van der Waals surface area contributed by atoms with Gasteiger partial charge in [0.05, 0.1) is 23.0 Å². The van der Waals surface area contributed by atoms with Gasteiger partial charge in [0.2, 0.25) is 0 Å². The third-order valence-electron chi connectivity index (χ3n) is 6.07. The maximum atomic E-state index is 15.1. The molecule has 6 nitrogen and oxygen atoms in total. The quantitative estimate of drug-likeness (QED) is 0.433. The number of pyridine rings is 1. The molecule has 0 spiro atoms. The van der Waals surface area contributed by atoms with Gasteiger partial charge in [-0.3, -0.25) is 4.98 Å². The molecule has 6 rings (SSSR count). The van der Waals surface area contributed by atoms with E-state index < -0.39 is 5.82 Å². The number of aromatic amines is 1. The highest BCUT2D eigenvalue weighted by molar-refractivity contribution is 5.93. The highest BCUT2D eigenvalue weighted by Gasteiger charge is 2.39. The predicted molar refractivity (Wildman–Crippen MR) is 123 cm³/mol. The van der Waals surface area contributed by atoms with Crippen molar-refractivity contribution in [1.29, 1.82) is 0 Å². The Morgan fingerprint density at radius 1 is 1.19 bits per heavy atom. The second-order valence-electron chi connectivity index (χ2n) is 8.53. The number of fused-ring (bicyclic) bond motifs is 4. The van der Waals surface area contributed by atoms with E-state index in [1.807, 2.05) is 19.1 Å². The molecule has 1 aliphatic carbocycles. The lowest BCUT2D eigenvalue weighted by atomic mass is 10.0. The van der Waals surface area contributed by atoms with Crippen LogP contribution >= 0.6 is 12.4 Å². The Bertz CT molecular complexity index is 1350. The molecule has 166 valence electrons. The van der Waals surface area contributed by atoms with Crippen molar-refractivity contribution in [3.8, 4) is 23.0 Å². The summed E-state index contributed by atoms with van der Waals surface area (Å²) in [5.41, 5.74) is 9.28. The Morgan fingerprint density at radius 3 is 2.84 bits per heavy atom. The van der Waals surface area contributed by atoms with Gasteiger partial charge in [0.1, 0.15) is 12.4 Å². The van der Waals surface area contributed by atoms with E-state index in [1.165, 1.54) is 0 Å². The van der Waals surface area contributed by atoms with Crippen molar-refractivity contribution in [2.45, 2.75) is 31.7 Å². The molecule has 8 heteroatoms. The SMILES string of the molecule is Cc1cc2c(F)c(Oc3ccnc4cc(OCC5(N)CC5)c5c(c34)CCO5)ccc2[nH]1.Cl. The number of nitrogens with one attached hydrogen (secondary N) is 1. The number of benzene rings is 2. The lowest BCUT2D eigenvalue weighted by Crippen LogP contribution is -2.29. The number of hydrogen-bond donors (Lipinski definition) is 2. The number of hydrogen-bond acceptors (Lipinski definition) is 5. The number of ether oxygens (including phenoxy) is 3. The standard InChI is InChI=1S/C24H22FN3O3.ClH/c1-13-10-15-16(28-13)2-3-19(22(15)25)31-18-4-8-27-17-11-20(30-12-24(26)6-7-24)23-14(21(17)18)5-9-29-23;/h2-4,8,10-11,28H,5-7,9,12,26H2,1H3;1H. The van der Waals surface area contributed by atoms with Crippen molar-refractivity contribution in [3.63, 3.8) is 0 Å². The Hall–Kier alpha value is -3.03. The van der Waals surface area contributed by atoms with Gasteiger partial charge < -0.3 is 24.9 Å². The molecule has 1 aliphatic heterocycles. The van der Waals surface area contributed by atoms with Crippen LogP contribution in [0.25, 0.3) is 21.8 Å². The van der Waals surface area contributed by atoms with Crippen LogP contribution in [0.3, 0.4) is 0 Å². The van der Waals surface area contributed by atoms with E-state index in [0.29, 0.717) is 42.3 Å². The van der Waals surface area contributed by atoms with Crippen LogP contribution in [0.1, 0.15) is 24.1 Å². The Labute approximate surface area is 190 Å². The second-order valence-corrected chi connectivity index (χ2v) is 8.53. The first-order valence-corrected chi connectivity index (χ1v) is 10.5. The van der Waals surface area contributed by atoms with Crippen LogP contribution in [-0.4, -0.2) is 28.7 Å². The molecule has 0 radical (unpaired) electrons. The van der Waals surface area contributed by atoms with Crippen molar-refractivity contribution in [2.75, 3.05) is 13.2 Å². The predicted octanol–water partition coefficient (Wildman–Crippen LogP) is 5.18. The van der Waals surface area contributed by atoms with Crippen LogP contribution in [0.15, 0.2) is 36.5 Å².